The van der Waals surface area contributed by atoms with Crippen molar-refractivity contribution in [2.24, 2.45) is 0 Å². The van der Waals surface area contributed by atoms with Gasteiger partial charge < -0.3 is 0 Å². The quantitative estimate of drug-likeness (QED) is 0.0657. The standard InChI is InChI=1S/CHB63/c2-38(3)54(34)58(45(16)17)36(57(43(12)13)44(14)15)1(35(55(39(4)5)40(6)7)56(41(8)9)42(10)11)37(59(61(46(18)19)47(20)21)62(48(22)23)49(24)25)60(63(50(26)27)51(28)29)64(52(30)31)53(32)33/h1H. The zero-order valence-corrected chi connectivity index (χ0v) is 37.0. The smallest absolute Gasteiger partial charge is 0.0294 e. The zero-order chi connectivity index (χ0) is 50.9. The molecule has 0 saturated carbocycles. The van der Waals surface area contributed by atoms with Crippen molar-refractivity contribution in [1.29, 1.82) is 0 Å². The van der Waals surface area contributed by atoms with E-state index in [2.05, 4.69) is 0 Å². The van der Waals surface area contributed by atoms with Crippen molar-refractivity contribution >= 4 is 447 Å². The average Bonchev–Trinajstić information content (AvgIpc) is 3.07. The molecule has 0 aliphatic rings. The van der Waals surface area contributed by atoms with Gasteiger partial charge in [-0.15, -0.1) is 5.62 Å². The highest BCUT2D eigenvalue weighted by Gasteiger charge is 2.62. The lowest BCUT2D eigenvalue weighted by Crippen LogP contribution is -2.92. The SMILES string of the molecule is [B]B([B])B([B])B(B([B])[B])B(B(B([B])[B])B([B])[B])C(B(B(B([B])[B])B([B])[B])B(B([B])[B])B([B])[B])B(B(B(B([B])[B])B([B])[B])B(B([B])[B])B([B])[B])B(B(B([B])[B])B([B])[B])B(B([B])[B])B([B])[B]. The first-order valence-corrected chi connectivity index (χ1v) is 21.0. The Kier molecular flexibility index (Phi) is 33.1. The van der Waals surface area contributed by atoms with Crippen molar-refractivity contribution in [2.75, 3.05) is 0 Å². The first kappa shape index (κ1) is 68.1. The monoisotopic (exact) mass is 707 g/mol. The van der Waals surface area contributed by atoms with E-state index in [1.54, 1.807) is 0 Å². The van der Waals surface area contributed by atoms with Crippen LogP contribution in [0.1, 0.15) is 0 Å². The molecule has 0 aromatic rings. The molecule has 0 fully saturated rings. The molecular weight excluding hydrogens is 693 g/mol. The minimum Gasteiger partial charge on any atom is -0.146 e. The Labute approximate surface area is 448 Å². The van der Waals surface area contributed by atoms with E-state index in [4.69, 9.17) is 255 Å². The summed E-state index contributed by atoms with van der Waals surface area (Å²) in [6, 6.07) is 0. The molecule has 0 nitrogen and oxygen atoms in total. The van der Waals surface area contributed by atoms with Gasteiger partial charge in [0.2, 0.25) is 0 Å². The lowest BCUT2D eigenvalue weighted by Gasteiger charge is -2.60. The molecule has 0 aromatic heterocycles. The molecule has 0 aliphatic heterocycles. The van der Waals surface area contributed by atoms with Gasteiger partial charge in [0.1, 0.15) is 0 Å². The van der Waals surface area contributed by atoms with Crippen molar-refractivity contribution in [3.8, 4) is 0 Å². The van der Waals surface area contributed by atoms with Crippen molar-refractivity contribution in [1.82, 2.24) is 0 Å². The molecule has 1 unspecified atom stereocenters. The molecule has 64 heavy (non-hydrogen) atoms. The maximum Gasteiger partial charge on any atom is 0.0294 e. The summed E-state index contributed by atoms with van der Waals surface area (Å²) in [6.45, 7) is -4.60. The summed E-state index contributed by atoms with van der Waals surface area (Å²) in [6.07, 6.45) is -39.8. The Morgan fingerprint density at radius 3 is 0.422 bits per heavy atom. The van der Waals surface area contributed by atoms with Crippen LogP contribution in [0.25, 0.3) is 0 Å². The highest BCUT2D eigenvalue weighted by Crippen LogP contribution is 2.34. The molecule has 0 aliphatic carbocycles. The van der Waals surface area contributed by atoms with E-state index in [1.807, 2.05) is 0 Å². The van der Waals surface area contributed by atoms with Crippen LogP contribution in [0.5, 0.6) is 0 Å². The van der Waals surface area contributed by atoms with Gasteiger partial charge in [-0.1, -0.05) is 0 Å². The van der Waals surface area contributed by atoms with E-state index < -0.39 is 197 Å². The lowest BCUT2D eigenvalue weighted by molar-refractivity contribution is 1.80. The predicted octanol–water partition coefficient (Wildman–Crippen LogP) is -23.7. The average molecular weight is 694 g/mol. The van der Waals surface area contributed by atoms with Crippen LogP contribution in [0, 0.1) is 0 Å². The fourth-order valence-corrected chi connectivity index (χ4v) is 11.0. The zero-order valence-electron chi connectivity index (χ0n) is 37.0. The van der Waals surface area contributed by atoms with E-state index in [0.717, 1.165) is 0 Å². The van der Waals surface area contributed by atoms with Gasteiger partial charge in [0.05, 0.1) is 0 Å². The number of rotatable bonds is 30. The topological polar surface area (TPSA) is 0 Å². The first-order valence-electron chi connectivity index (χ1n) is 21.0. The second-order valence-electron chi connectivity index (χ2n) is 17.9. The van der Waals surface area contributed by atoms with Gasteiger partial charge in [0, 0.05) is 447 Å². The Morgan fingerprint density at radius 2 is 0.281 bits per heavy atom. The summed E-state index contributed by atoms with van der Waals surface area (Å²) >= 11 is 0. The van der Waals surface area contributed by atoms with Crippen molar-refractivity contribution in [3.05, 3.63) is 0 Å². The highest BCUT2D eigenvalue weighted by molar-refractivity contribution is 8.27. The van der Waals surface area contributed by atoms with Crippen LogP contribution < -0.4 is 0 Å². The van der Waals surface area contributed by atoms with E-state index in [0.29, 0.717) is 0 Å². The van der Waals surface area contributed by atoms with Gasteiger partial charge in [-0.25, -0.2) is 0 Å². The summed E-state index contributed by atoms with van der Waals surface area (Å²) in [4.78, 5) is 0. The minimum atomic E-state index is -1.60. The summed E-state index contributed by atoms with van der Waals surface area (Å²) in [5.74, 6) is 0. The summed E-state index contributed by atoms with van der Waals surface area (Å²) in [7, 11) is 219. The normalized spacial score (nSPS) is 10.3. The Morgan fingerprint density at radius 1 is 0.141 bits per heavy atom. The van der Waals surface area contributed by atoms with Gasteiger partial charge in [-0.3, -0.25) is 0 Å². The molecule has 194 valence electrons. The summed E-state index contributed by atoms with van der Waals surface area (Å²) in [5.41, 5.74) is -1.60. The van der Waals surface area contributed by atoms with Crippen molar-refractivity contribution < 1.29 is 0 Å². The molecule has 1 atom stereocenters. The molecule has 0 aromatic carbocycles. The Hall–Kier alpha value is 4.09. The van der Waals surface area contributed by atoms with Crippen LogP contribution in [0.15, 0.2) is 0 Å². The van der Waals surface area contributed by atoms with E-state index in [1.165, 1.54) is 0 Å². The first-order chi connectivity index (χ1) is 29.1. The third-order valence-corrected chi connectivity index (χ3v) is 13.3. The third kappa shape index (κ3) is 18.2. The van der Waals surface area contributed by atoms with E-state index in [9.17, 15) is 0 Å². The van der Waals surface area contributed by atoms with Crippen LogP contribution in [0.4, 0.5) is 0 Å². The second kappa shape index (κ2) is 31.1. The van der Waals surface area contributed by atoms with Gasteiger partial charge in [-0.2, -0.15) is 0 Å². The molecule has 63 heteroatoms. The second-order valence-corrected chi connectivity index (χ2v) is 17.9. The molecule has 0 spiro atoms. The maximum absolute atomic E-state index is 6.92. The summed E-state index contributed by atoms with van der Waals surface area (Å²) < 4.78 is 0. The van der Waals surface area contributed by atoms with Crippen molar-refractivity contribution in [2.45, 2.75) is 5.62 Å². The van der Waals surface area contributed by atoms with Crippen LogP contribution in [0.2, 0.25) is 5.62 Å². The molecule has 0 rings (SSSR count). The molecule has 66 radical (unpaired) electrons. The molecule has 0 heterocycles. The van der Waals surface area contributed by atoms with Crippen LogP contribution in [-0.4, -0.2) is 447 Å². The van der Waals surface area contributed by atoms with Gasteiger partial charge in [0.25, 0.3) is 0 Å². The number of hydrogen-bond donors (Lipinski definition) is 0. The fraction of sp³-hybridized carbons (Fsp3) is 1.00. The van der Waals surface area contributed by atoms with E-state index in [-0.39, 0.29) is 0 Å². The molecule has 0 bridgehead atoms. The number of hydrogen-bond acceptors (Lipinski definition) is 0. The van der Waals surface area contributed by atoms with Gasteiger partial charge >= 0.3 is 0 Å². The Bertz CT molecular complexity index is 1030. The highest BCUT2D eigenvalue weighted by atomic mass is 13.7. The maximum atomic E-state index is 6.92. The minimum absolute atomic E-state index is 1.40. The third-order valence-electron chi connectivity index (χ3n) is 13.3. The predicted molar refractivity (Wildman–Crippen MR) is 366 cm³/mol. The van der Waals surface area contributed by atoms with Crippen LogP contribution in [0.3, 0.4) is 0 Å². The summed E-state index contributed by atoms with van der Waals surface area (Å²) in [5, 5.41) is 0. The molecule has 0 N–H and O–H groups in total. The van der Waals surface area contributed by atoms with Gasteiger partial charge in [-0.05, 0) is 0 Å². The van der Waals surface area contributed by atoms with Crippen molar-refractivity contribution in [3.63, 3.8) is 0 Å². The van der Waals surface area contributed by atoms with Crippen LogP contribution >= 0.6 is 0 Å². The fourth-order valence-electron chi connectivity index (χ4n) is 11.0. The van der Waals surface area contributed by atoms with Gasteiger partial charge in [0.15, 0.2) is 0 Å². The lowest BCUT2D eigenvalue weighted by atomic mass is 8.30. The molecule has 0 saturated heterocycles. The molecule has 0 amide bonds. The van der Waals surface area contributed by atoms with Crippen LogP contribution in [-0.2, 0) is 0 Å². The molecular formula is CHB63. The van der Waals surface area contributed by atoms with E-state index >= 15 is 0 Å². The largest absolute Gasteiger partial charge is 0.146 e. The Balaban J connectivity index is 11.1.